The molecule has 0 saturated carbocycles. The fraction of sp³-hybridized carbons (Fsp3) is 0.400. The minimum Gasteiger partial charge on any atom is -0.354 e. The number of carbonyl (C=O) groups excluding carboxylic acids is 1. The second-order valence-electron chi connectivity index (χ2n) is 5.17. The average Bonchev–Trinajstić information content (AvgIpc) is 2.55. The number of aromatic nitrogens is 4. The first kappa shape index (κ1) is 17.4. The van der Waals surface area contributed by atoms with E-state index in [1.807, 2.05) is 6.92 Å². The van der Waals surface area contributed by atoms with E-state index in [1.165, 1.54) is 33.8 Å². The number of hydrogen-bond donors (Lipinski definition) is 2. The largest absolute Gasteiger partial charge is 0.354 e. The third-order valence-corrected chi connectivity index (χ3v) is 3.45. The standard InChI is InChI=1S/C15H19N5O4/c1-2-11-9-14(23)20(10-17-11)8-5-16-12(21)3-6-19-7-4-13(22)18-15(19)24/h4,7,9-10H,2-3,5-6,8H2,1H3,(H,16,21)(H,18,22,24). The summed E-state index contributed by atoms with van der Waals surface area (Å²) < 4.78 is 2.67. The molecule has 9 nitrogen and oxygen atoms in total. The highest BCUT2D eigenvalue weighted by Gasteiger charge is 2.04. The van der Waals surface area contributed by atoms with Crippen LogP contribution in [0.1, 0.15) is 19.0 Å². The maximum atomic E-state index is 11.8. The molecule has 2 heterocycles. The Bertz CT molecular complexity index is 880. The van der Waals surface area contributed by atoms with E-state index in [0.717, 1.165) is 5.69 Å². The molecule has 0 bridgehead atoms. The lowest BCUT2D eigenvalue weighted by Gasteiger charge is -2.08. The summed E-state index contributed by atoms with van der Waals surface area (Å²) in [7, 11) is 0. The molecule has 2 rings (SSSR count). The Labute approximate surface area is 137 Å². The van der Waals surface area contributed by atoms with Crippen molar-refractivity contribution in [2.75, 3.05) is 6.54 Å². The molecule has 0 aliphatic rings. The fourth-order valence-corrected chi connectivity index (χ4v) is 2.07. The summed E-state index contributed by atoms with van der Waals surface area (Å²) in [4.78, 5) is 52.2. The molecule has 24 heavy (non-hydrogen) atoms. The van der Waals surface area contributed by atoms with Crippen LogP contribution in [0.3, 0.4) is 0 Å². The van der Waals surface area contributed by atoms with E-state index in [9.17, 15) is 19.2 Å². The number of nitrogens with zero attached hydrogens (tertiary/aromatic N) is 3. The lowest BCUT2D eigenvalue weighted by Crippen LogP contribution is -2.33. The fourth-order valence-electron chi connectivity index (χ4n) is 2.07. The normalized spacial score (nSPS) is 10.5. The Morgan fingerprint density at radius 2 is 2.04 bits per heavy atom. The van der Waals surface area contributed by atoms with Gasteiger partial charge in [0.2, 0.25) is 5.91 Å². The Morgan fingerprint density at radius 1 is 1.25 bits per heavy atom. The molecule has 0 aliphatic heterocycles. The highest BCUT2D eigenvalue weighted by Crippen LogP contribution is 1.90. The summed E-state index contributed by atoms with van der Waals surface area (Å²) in [5.41, 5.74) is -0.458. The molecule has 2 aromatic rings. The molecule has 0 saturated heterocycles. The van der Waals surface area contributed by atoms with Crippen LogP contribution in [0.15, 0.2) is 39.0 Å². The summed E-state index contributed by atoms with van der Waals surface area (Å²) >= 11 is 0. The van der Waals surface area contributed by atoms with Crippen molar-refractivity contribution in [3.8, 4) is 0 Å². The van der Waals surface area contributed by atoms with Gasteiger partial charge in [0.05, 0.1) is 6.33 Å². The van der Waals surface area contributed by atoms with Gasteiger partial charge < -0.3 is 9.88 Å². The van der Waals surface area contributed by atoms with Crippen LogP contribution in [0.2, 0.25) is 0 Å². The molecule has 0 unspecified atom stereocenters. The zero-order valence-corrected chi connectivity index (χ0v) is 13.3. The Balaban J connectivity index is 1.80. The van der Waals surface area contributed by atoms with Crippen molar-refractivity contribution in [2.24, 2.45) is 0 Å². The van der Waals surface area contributed by atoms with Crippen LogP contribution < -0.4 is 22.1 Å². The molecule has 1 amide bonds. The first-order valence-electron chi connectivity index (χ1n) is 7.61. The molecule has 2 N–H and O–H groups in total. The lowest BCUT2D eigenvalue weighted by atomic mass is 10.3. The molecule has 0 fully saturated rings. The van der Waals surface area contributed by atoms with E-state index in [1.54, 1.807) is 0 Å². The number of aromatic amines is 1. The molecule has 0 aliphatic carbocycles. The second kappa shape index (κ2) is 8.04. The van der Waals surface area contributed by atoms with Gasteiger partial charge in [0, 0.05) is 50.1 Å². The van der Waals surface area contributed by atoms with Gasteiger partial charge in [0.15, 0.2) is 0 Å². The van der Waals surface area contributed by atoms with E-state index < -0.39 is 11.2 Å². The zero-order chi connectivity index (χ0) is 17.5. The maximum Gasteiger partial charge on any atom is 0.328 e. The van der Waals surface area contributed by atoms with E-state index >= 15 is 0 Å². The predicted molar refractivity (Wildman–Crippen MR) is 86.8 cm³/mol. The van der Waals surface area contributed by atoms with Crippen molar-refractivity contribution in [1.82, 2.24) is 24.4 Å². The lowest BCUT2D eigenvalue weighted by molar-refractivity contribution is -0.121. The number of amides is 1. The number of aryl methyl sites for hydroxylation is 2. The Kier molecular flexibility index (Phi) is 5.83. The molecule has 0 radical (unpaired) electrons. The molecule has 2 aromatic heterocycles. The van der Waals surface area contributed by atoms with Crippen LogP contribution in [-0.4, -0.2) is 31.6 Å². The minimum atomic E-state index is -0.552. The van der Waals surface area contributed by atoms with Crippen LogP contribution in [0, 0.1) is 0 Å². The molecule has 128 valence electrons. The summed E-state index contributed by atoms with van der Waals surface area (Å²) in [5, 5.41) is 2.67. The number of H-pyrrole nitrogens is 1. The van der Waals surface area contributed by atoms with Crippen LogP contribution >= 0.6 is 0 Å². The molecule has 0 spiro atoms. The van der Waals surface area contributed by atoms with Crippen molar-refractivity contribution in [1.29, 1.82) is 0 Å². The monoisotopic (exact) mass is 333 g/mol. The molecular weight excluding hydrogens is 314 g/mol. The van der Waals surface area contributed by atoms with Gasteiger partial charge in [-0.1, -0.05) is 6.92 Å². The summed E-state index contributed by atoms with van der Waals surface area (Å²) in [6, 6.07) is 2.70. The van der Waals surface area contributed by atoms with Gasteiger partial charge in [-0.25, -0.2) is 9.78 Å². The van der Waals surface area contributed by atoms with Crippen molar-refractivity contribution < 1.29 is 4.79 Å². The first-order chi connectivity index (χ1) is 11.5. The van der Waals surface area contributed by atoms with E-state index in [-0.39, 0.29) is 31.0 Å². The quantitative estimate of drug-likeness (QED) is 0.664. The first-order valence-corrected chi connectivity index (χ1v) is 7.61. The highest BCUT2D eigenvalue weighted by molar-refractivity contribution is 5.75. The van der Waals surface area contributed by atoms with E-state index in [4.69, 9.17) is 0 Å². The van der Waals surface area contributed by atoms with Crippen molar-refractivity contribution in [3.63, 3.8) is 0 Å². The minimum absolute atomic E-state index is 0.0911. The van der Waals surface area contributed by atoms with Gasteiger partial charge in [-0.2, -0.15) is 0 Å². The molecule has 9 heteroatoms. The van der Waals surface area contributed by atoms with Crippen LogP contribution in [0.4, 0.5) is 0 Å². The molecule has 0 aromatic carbocycles. The number of carbonyl (C=O) groups is 1. The van der Waals surface area contributed by atoms with Crippen molar-refractivity contribution >= 4 is 5.91 Å². The molecular formula is C15H19N5O4. The van der Waals surface area contributed by atoms with Gasteiger partial charge in [-0.05, 0) is 6.42 Å². The smallest absolute Gasteiger partial charge is 0.328 e. The Hall–Kier alpha value is -2.97. The molecule has 0 atom stereocenters. The number of rotatable bonds is 7. The van der Waals surface area contributed by atoms with E-state index in [0.29, 0.717) is 13.0 Å². The van der Waals surface area contributed by atoms with E-state index in [2.05, 4.69) is 15.3 Å². The zero-order valence-electron chi connectivity index (χ0n) is 13.3. The third kappa shape index (κ3) is 4.77. The van der Waals surface area contributed by atoms with Crippen LogP contribution in [0.25, 0.3) is 0 Å². The second-order valence-corrected chi connectivity index (χ2v) is 5.17. The highest BCUT2D eigenvalue weighted by atomic mass is 16.2. The summed E-state index contributed by atoms with van der Waals surface area (Å²) in [6.45, 7) is 2.68. The van der Waals surface area contributed by atoms with Crippen molar-refractivity contribution in [3.05, 3.63) is 61.5 Å². The van der Waals surface area contributed by atoms with Crippen LogP contribution in [-0.2, 0) is 24.3 Å². The average molecular weight is 333 g/mol. The van der Waals surface area contributed by atoms with Gasteiger partial charge in [0.1, 0.15) is 0 Å². The van der Waals surface area contributed by atoms with Crippen molar-refractivity contribution in [2.45, 2.75) is 32.9 Å². The summed E-state index contributed by atoms with van der Waals surface area (Å²) in [5.74, 6) is -0.251. The van der Waals surface area contributed by atoms with Crippen LogP contribution in [0.5, 0.6) is 0 Å². The third-order valence-electron chi connectivity index (χ3n) is 3.45. The van der Waals surface area contributed by atoms with Gasteiger partial charge in [-0.3, -0.25) is 23.9 Å². The van der Waals surface area contributed by atoms with Gasteiger partial charge >= 0.3 is 5.69 Å². The maximum absolute atomic E-state index is 11.8. The predicted octanol–water partition coefficient (Wildman–Crippen LogP) is -1.14. The van der Waals surface area contributed by atoms with Gasteiger partial charge in [-0.15, -0.1) is 0 Å². The number of hydrogen-bond acceptors (Lipinski definition) is 5. The van der Waals surface area contributed by atoms with Gasteiger partial charge in [0.25, 0.3) is 11.1 Å². The Morgan fingerprint density at radius 3 is 2.71 bits per heavy atom. The topological polar surface area (TPSA) is 119 Å². The SMILES string of the molecule is CCc1cc(=O)n(CCNC(=O)CCn2ccc(=O)[nH]c2=O)cn1. The summed E-state index contributed by atoms with van der Waals surface area (Å²) in [6.07, 6.45) is 3.59. The number of nitrogens with one attached hydrogen (secondary N) is 2.